The summed E-state index contributed by atoms with van der Waals surface area (Å²) in [5.74, 6) is -1.02. The second-order valence-electron chi connectivity index (χ2n) is 7.60. The number of nitrogens with one attached hydrogen (secondary N) is 1. The molecule has 1 saturated heterocycles. The van der Waals surface area contributed by atoms with E-state index in [0.717, 1.165) is 0 Å². The Morgan fingerprint density at radius 3 is 2.41 bits per heavy atom. The summed E-state index contributed by atoms with van der Waals surface area (Å²) in [6.45, 7) is 4.45. The summed E-state index contributed by atoms with van der Waals surface area (Å²) in [5, 5.41) is 51.5. The molecule has 0 spiro atoms. The third kappa shape index (κ3) is 7.45. The Morgan fingerprint density at radius 1 is 1.17 bits per heavy atom. The quantitative estimate of drug-likeness (QED) is 0.156. The van der Waals surface area contributed by atoms with Gasteiger partial charge in [0.05, 0.1) is 19.8 Å². The zero-order chi connectivity index (χ0) is 22.2. The van der Waals surface area contributed by atoms with Crippen molar-refractivity contribution in [3.8, 4) is 0 Å². The fourth-order valence-electron chi connectivity index (χ4n) is 2.71. The largest absolute Gasteiger partial charge is 0.466 e. The van der Waals surface area contributed by atoms with Crippen molar-refractivity contribution < 1.29 is 49.3 Å². The van der Waals surface area contributed by atoms with Crippen LogP contribution in [0.2, 0.25) is 0 Å². The summed E-state index contributed by atoms with van der Waals surface area (Å²) in [6, 6.07) is 0. The SMILES string of the molecule is CCOC(=O)CCCNC(=O)C(O)C(C)(C)CO[C@@H]1O[C@H](CO)[C@@H](O)[C@H](O)[C@H]1O. The number of aliphatic hydroxyl groups is 5. The molecule has 6 atom stereocenters. The summed E-state index contributed by atoms with van der Waals surface area (Å²) >= 11 is 0. The molecule has 6 N–H and O–H groups in total. The Labute approximate surface area is 169 Å². The number of carbonyl (C=O) groups excluding carboxylic acids is 2. The highest BCUT2D eigenvalue weighted by Gasteiger charge is 2.45. The molecule has 29 heavy (non-hydrogen) atoms. The minimum Gasteiger partial charge on any atom is -0.466 e. The van der Waals surface area contributed by atoms with E-state index in [0.29, 0.717) is 6.42 Å². The van der Waals surface area contributed by atoms with E-state index in [-0.39, 0.29) is 32.1 Å². The molecule has 1 aliphatic heterocycles. The molecule has 11 heteroatoms. The first-order chi connectivity index (χ1) is 13.5. The molecule has 0 aliphatic carbocycles. The van der Waals surface area contributed by atoms with E-state index in [1.165, 1.54) is 0 Å². The fourth-order valence-corrected chi connectivity index (χ4v) is 2.71. The number of aliphatic hydroxyl groups excluding tert-OH is 5. The van der Waals surface area contributed by atoms with Gasteiger partial charge in [-0.1, -0.05) is 13.8 Å². The van der Waals surface area contributed by atoms with E-state index in [1.807, 2.05) is 0 Å². The number of hydrogen-bond acceptors (Lipinski definition) is 10. The van der Waals surface area contributed by atoms with Gasteiger partial charge >= 0.3 is 5.97 Å². The van der Waals surface area contributed by atoms with Crippen LogP contribution < -0.4 is 5.32 Å². The smallest absolute Gasteiger partial charge is 0.305 e. The molecule has 1 heterocycles. The average molecular weight is 423 g/mol. The first-order valence-electron chi connectivity index (χ1n) is 9.58. The number of ether oxygens (including phenoxy) is 3. The zero-order valence-corrected chi connectivity index (χ0v) is 17.0. The number of hydrogen-bond donors (Lipinski definition) is 6. The van der Waals surface area contributed by atoms with E-state index in [1.54, 1.807) is 20.8 Å². The van der Waals surface area contributed by atoms with Gasteiger partial charge in [0.15, 0.2) is 6.29 Å². The normalized spacial score (nSPS) is 28.6. The molecule has 0 saturated carbocycles. The summed E-state index contributed by atoms with van der Waals surface area (Å²) in [5.41, 5.74) is -1.09. The number of carbonyl (C=O) groups is 2. The van der Waals surface area contributed by atoms with Crippen LogP contribution >= 0.6 is 0 Å². The van der Waals surface area contributed by atoms with Gasteiger partial charge in [-0.05, 0) is 13.3 Å². The van der Waals surface area contributed by atoms with Crippen molar-refractivity contribution in [1.29, 1.82) is 0 Å². The fraction of sp³-hybridized carbons (Fsp3) is 0.889. The van der Waals surface area contributed by atoms with E-state index in [2.05, 4.69) is 5.32 Å². The molecule has 1 rings (SSSR count). The van der Waals surface area contributed by atoms with Gasteiger partial charge in [0.25, 0.3) is 0 Å². The van der Waals surface area contributed by atoms with Crippen molar-refractivity contribution in [3.05, 3.63) is 0 Å². The molecule has 1 unspecified atom stereocenters. The predicted octanol–water partition coefficient (Wildman–Crippen LogP) is -2.35. The highest BCUT2D eigenvalue weighted by Crippen LogP contribution is 2.26. The van der Waals surface area contributed by atoms with Crippen LogP contribution in [-0.4, -0.2) is 101 Å². The van der Waals surface area contributed by atoms with Crippen LogP contribution in [0.3, 0.4) is 0 Å². The Kier molecular flexibility index (Phi) is 10.4. The molecule has 0 aromatic heterocycles. The van der Waals surface area contributed by atoms with Crippen molar-refractivity contribution in [2.45, 2.75) is 70.4 Å². The predicted molar refractivity (Wildman–Crippen MR) is 98.4 cm³/mol. The standard InChI is InChI=1S/C18H33NO10/c1-4-27-11(21)6-5-7-19-16(26)15(25)18(2,3)9-28-17-14(24)13(23)12(22)10(8-20)29-17/h10,12-15,17,20,22-25H,4-9H2,1-3H3,(H,19,26)/t10-,12-,13+,14-,15?,17-/m1/s1. The molecular formula is C18H33NO10. The summed E-state index contributed by atoms with van der Waals surface area (Å²) in [4.78, 5) is 23.4. The molecule has 0 aromatic rings. The molecular weight excluding hydrogens is 390 g/mol. The summed E-state index contributed by atoms with van der Waals surface area (Å²) in [7, 11) is 0. The number of rotatable bonds is 11. The summed E-state index contributed by atoms with van der Waals surface area (Å²) < 4.78 is 15.4. The lowest BCUT2D eigenvalue weighted by Gasteiger charge is -2.41. The molecule has 0 bridgehead atoms. The van der Waals surface area contributed by atoms with Gasteiger partial charge in [-0.15, -0.1) is 0 Å². The lowest BCUT2D eigenvalue weighted by Crippen LogP contribution is -2.59. The van der Waals surface area contributed by atoms with Crippen LogP contribution in [0, 0.1) is 5.41 Å². The van der Waals surface area contributed by atoms with E-state index in [4.69, 9.17) is 14.2 Å². The maximum absolute atomic E-state index is 12.1. The lowest BCUT2D eigenvalue weighted by molar-refractivity contribution is -0.306. The van der Waals surface area contributed by atoms with Crippen molar-refractivity contribution in [1.82, 2.24) is 5.32 Å². The topological polar surface area (TPSA) is 175 Å². The van der Waals surface area contributed by atoms with Crippen LogP contribution in [-0.2, 0) is 23.8 Å². The van der Waals surface area contributed by atoms with Gasteiger partial charge in [0.2, 0.25) is 5.91 Å². The Hall–Kier alpha value is -1.34. The Morgan fingerprint density at radius 2 is 1.83 bits per heavy atom. The first-order valence-corrected chi connectivity index (χ1v) is 9.58. The minimum atomic E-state index is -1.58. The molecule has 1 fully saturated rings. The highest BCUT2D eigenvalue weighted by atomic mass is 16.7. The van der Waals surface area contributed by atoms with Gasteiger partial charge in [-0.2, -0.15) is 0 Å². The van der Waals surface area contributed by atoms with E-state index in [9.17, 15) is 35.1 Å². The van der Waals surface area contributed by atoms with Crippen LogP contribution in [0.5, 0.6) is 0 Å². The third-order valence-electron chi connectivity index (χ3n) is 4.62. The van der Waals surface area contributed by atoms with Crippen molar-refractivity contribution in [2.24, 2.45) is 5.41 Å². The van der Waals surface area contributed by atoms with Gasteiger partial charge in [-0.3, -0.25) is 9.59 Å². The molecule has 170 valence electrons. The molecule has 1 amide bonds. The number of amides is 1. The summed E-state index contributed by atoms with van der Waals surface area (Å²) in [6.07, 6.45) is -8.09. The average Bonchev–Trinajstić information content (AvgIpc) is 2.68. The van der Waals surface area contributed by atoms with Gasteiger partial charge < -0.3 is 45.1 Å². The first kappa shape index (κ1) is 25.7. The molecule has 0 radical (unpaired) electrons. The molecule has 11 nitrogen and oxygen atoms in total. The van der Waals surface area contributed by atoms with Crippen LogP contribution in [0.1, 0.15) is 33.6 Å². The second kappa shape index (κ2) is 11.7. The Balaban J connectivity index is 2.49. The van der Waals surface area contributed by atoms with Gasteiger partial charge in [0.1, 0.15) is 30.5 Å². The number of esters is 1. The van der Waals surface area contributed by atoms with Crippen molar-refractivity contribution in [2.75, 3.05) is 26.4 Å². The van der Waals surface area contributed by atoms with Gasteiger partial charge in [-0.25, -0.2) is 0 Å². The maximum atomic E-state index is 12.1. The second-order valence-corrected chi connectivity index (χ2v) is 7.60. The zero-order valence-electron chi connectivity index (χ0n) is 17.0. The van der Waals surface area contributed by atoms with Gasteiger partial charge in [0, 0.05) is 18.4 Å². The lowest BCUT2D eigenvalue weighted by atomic mass is 9.87. The van der Waals surface area contributed by atoms with E-state index >= 15 is 0 Å². The Bertz CT molecular complexity index is 527. The van der Waals surface area contributed by atoms with Crippen LogP contribution in [0.25, 0.3) is 0 Å². The molecule has 0 aromatic carbocycles. The monoisotopic (exact) mass is 423 g/mol. The minimum absolute atomic E-state index is 0.147. The molecule has 1 aliphatic rings. The van der Waals surface area contributed by atoms with E-state index < -0.39 is 54.7 Å². The highest BCUT2D eigenvalue weighted by molar-refractivity contribution is 5.81. The van der Waals surface area contributed by atoms with Crippen molar-refractivity contribution >= 4 is 11.9 Å². The van der Waals surface area contributed by atoms with Crippen LogP contribution in [0.15, 0.2) is 0 Å². The maximum Gasteiger partial charge on any atom is 0.305 e. The third-order valence-corrected chi connectivity index (χ3v) is 4.62. The van der Waals surface area contributed by atoms with Crippen molar-refractivity contribution in [3.63, 3.8) is 0 Å². The van der Waals surface area contributed by atoms with Crippen LogP contribution in [0.4, 0.5) is 0 Å².